The van der Waals surface area contributed by atoms with Crippen molar-refractivity contribution in [3.8, 4) is 0 Å². The molecule has 196 valence electrons. The predicted molar refractivity (Wildman–Crippen MR) is 157 cm³/mol. The highest BCUT2D eigenvalue weighted by molar-refractivity contribution is 6.32. The summed E-state index contributed by atoms with van der Waals surface area (Å²) in [5, 5.41) is 26.2. The summed E-state index contributed by atoms with van der Waals surface area (Å²) in [7, 11) is 0. The number of benzene rings is 4. The van der Waals surface area contributed by atoms with Crippen LogP contribution in [0.15, 0.2) is 84.9 Å². The normalized spacial score (nSPS) is 21.1. The second-order valence-corrected chi connectivity index (χ2v) is 13.2. The second-order valence-electron chi connectivity index (χ2n) is 12.4. The molecule has 5 rings (SSSR count). The molecule has 4 heteroatoms. The lowest BCUT2D eigenvalue weighted by atomic mass is 9.63. The Bertz CT molecular complexity index is 1390. The third-order valence-corrected chi connectivity index (χ3v) is 8.50. The van der Waals surface area contributed by atoms with Crippen LogP contribution in [0.2, 0.25) is 10.0 Å². The van der Waals surface area contributed by atoms with Crippen molar-refractivity contribution < 1.29 is 10.2 Å². The SMILES string of the molecule is CC(C)(C)c1ccc(C2(O)c3cccc(Cl)c3C(O)(c3ccc(C(C)(C)C)cc3)c3cccc(Cl)c32)cc1. The number of rotatable bonds is 2. The van der Waals surface area contributed by atoms with Crippen molar-refractivity contribution >= 4 is 23.2 Å². The van der Waals surface area contributed by atoms with Gasteiger partial charge < -0.3 is 10.2 Å². The summed E-state index contributed by atoms with van der Waals surface area (Å²) in [6.07, 6.45) is 0. The van der Waals surface area contributed by atoms with Gasteiger partial charge in [0.25, 0.3) is 0 Å². The molecule has 0 aromatic heterocycles. The molecular formula is C34H34Cl2O2. The van der Waals surface area contributed by atoms with Crippen LogP contribution in [0.3, 0.4) is 0 Å². The third kappa shape index (κ3) is 4.01. The van der Waals surface area contributed by atoms with Gasteiger partial charge in [-0.1, -0.05) is 138 Å². The molecule has 0 amide bonds. The minimum Gasteiger partial charge on any atom is -0.376 e. The lowest BCUT2D eigenvalue weighted by Gasteiger charge is -2.46. The Morgan fingerprint density at radius 2 is 0.816 bits per heavy atom. The lowest BCUT2D eigenvalue weighted by molar-refractivity contribution is 0.0749. The Balaban J connectivity index is 1.84. The molecule has 0 aliphatic heterocycles. The molecule has 2 unspecified atom stereocenters. The van der Waals surface area contributed by atoms with E-state index in [-0.39, 0.29) is 10.8 Å². The number of hydrogen-bond donors (Lipinski definition) is 2. The van der Waals surface area contributed by atoms with E-state index < -0.39 is 11.2 Å². The van der Waals surface area contributed by atoms with Gasteiger partial charge in [-0.3, -0.25) is 0 Å². The Morgan fingerprint density at radius 3 is 1.11 bits per heavy atom. The monoisotopic (exact) mass is 544 g/mol. The van der Waals surface area contributed by atoms with Gasteiger partial charge in [0.1, 0.15) is 11.2 Å². The third-order valence-electron chi connectivity index (χ3n) is 7.87. The van der Waals surface area contributed by atoms with Crippen molar-refractivity contribution in [2.45, 2.75) is 63.6 Å². The number of halogens is 2. The Hall–Kier alpha value is -2.62. The molecule has 4 aromatic rings. The molecule has 0 fully saturated rings. The van der Waals surface area contributed by atoms with E-state index in [0.29, 0.717) is 43.4 Å². The molecule has 0 saturated heterocycles. The number of aliphatic hydroxyl groups is 2. The minimum absolute atomic E-state index is 0.0377. The maximum atomic E-state index is 12.7. The zero-order chi connectivity index (χ0) is 27.7. The van der Waals surface area contributed by atoms with Gasteiger partial charge in [-0.15, -0.1) is 0 Å². The van der Waals surface area contributed by atoms with Gasteiger partial charge in [0.2, 0.25) is 0 Å². The molecule has 4 aromatic carbocycles. The van der Waals surface area contributed by atoms with Crippen molar-refractivity contribution in [3.05, 3.63) is 139 Å². The van der Waals surface area contributed by atoms with E-state index in [1.165, 1.54) is 0 Å². The van der Waals surface area contributed by atoms with E-state index in [2.05, 4.69) is 41.5 Å². The molecule has 1 aliphatic rings. The number of fused-ring (bicyclic) bond motifs is 2. The molecule has 2 N–H and O–H groups in total. The summed E-state index contributed by atoms with van der Waals surface area (Å²) >= 11 is 13.8. The van der Waals surface area contributed by atoms with Crippen LogP contribution in [0.4, 0.5) is 0 Å². The molecule has 0 heterocycles. The summed E-state index contributed by atoms with van der Waals surface area (Å²) in [5.41, 5.74) is 2.25. The Kier molecular flexibility index (Phi) is 6.36. The largest absolute Gasteiger partial charge is 0.376 e. The summed E-state index contributed by atoms with van der Waals surface area (Å²) in [4.78, 5) is 0. The fourth-order valence-electron chi connectivity index (χ4n) is 5.68. The average Bonchev–Trinajstić information content (AvgIpc) is 2.86. The van der Waals surface area contributed by atoms with Gasteiger partial charge >= 0.3 is 0 Å². The molecule has 0 saturated carbocycles. The van der Waals surface area contributed by atoms with Crippen molar-refractivity contribution in [2.75, 3.05) is 0 Å². The first-order valence-corrected chi connectivity index (χ1v) is 13.7. The summed E-state index contributed by atoms with van der Waals surface area (Å²) in [6.45, 7) is 12.9. The van der Waals surface area contributed by atoms with Crippen LogP contribution in [-0.2, 0) is 22.0 Å². The maximum Gasteiger partial charge on any atom is 0.142 e. The Labute approximate surface area is 235 Å². The van der Waals surface area contributed by atoms with Crippen LogP contribution >= 0.6 is 23.2 Å². The highest BCUT2D eigenvalue weighted by Gasteiger charge is 2.53. The molecule has 2 nitrogen and oxygen atoms in total. The fourth-order valence-corrected chi connectivity index (χ4v) is 6.30. The van der Waals surface area contributed by atoms with Crippen molar-refractivity contribution in [2.24, 2.45) is 0 Å². The predicted octanol–water partition coefficient (Wildman–Crippen LogP) is 8.47. The van der Waals surface area contributed by atoms with Crippen LogP contribution in [-0.4, -0.2) is 10.2 Å². The van der Waals surface area contributed by atoms with Crippen molar-refractivity contribution in [3.63, 3.8) is 0 Å². The highest BCUT2D eigenvalue weighted by atomic mass is 35.5. The molecule has 0 bridgehead atoms. The summed E-state index contributed by atoms with van der Waals surface area (Å²) < 4.78 is 0. The van der Waals surface area contributed by atoms with Crippen LogP contribution in [0, 0.1) is 0 Å². The highest BCUT2D eigenvalue weighted by Crippen LogP contribution is 2.56. The van der Waals surface area contributed by atoms with Gasteiger partial charge in [0.05, 0.1) is 0 Å². The van der Waals surface area contributed by atoms with Crippen LogP contribution in [0.5, 0.6) is 0 Å². The van der Waals surface area contributed by atoms with Gasteiger partial charge in [0.15, 0.2) is 0 Å². The molecule has 2 atom stereocenters. The standard InChI is InChI=1S/C34H34Cl2O2/c1-31(2,3)21-13-17-23(18-14-21)33(37)25-9-7-12-28(36)30(25)34(38,26-10-8-11-27(35)29(26)33)24-19-15-22(16-20-24)32(4,5)6/h7-20,37-38H,1-6H3. The zero-order valence-electron chi connectivity index (χ0n) is 22.7. The van der Waals surface area contributed by atoms with Gasteiger partial charge in [-0.2, -0.15) is 0 Å². The number of hydrogen-bond acceptors (Lipinski definition) is 2. The van der Waals surface area contributed by atoms with E-state index >= 15 is 0 Å². The van der Waals surface area contributed by atoms with Crippen molar-refractivity contribution in [1.29, 1.82) is 0 Å². The molecule has 38 heavy (non-hydrogen) atoms. The first-order valence-electron chi connectivity index (χ1n) is 13.0. The van der Waals surface area contributed by atoms with Gasteiger partial charge in [-0.25, -0.2) is 0 Å². The lowest BCUT2D eigenvalue weighted by Crippen LogP contribution is -2.44. The zero-order valence-corrected chi connectivity index (χ0v) is 24.2. The summed E-state index contributed by atoms with van der Waals surface area (Å²) in [6, 6.07) is 26.7. The quantitative estimate of drug-likeness (QED) is 0.265. The van der Waals surface area contributed by atoms with Crippen LogP contribution in [0.25, 0.3) is 0 Å². The molecule has 1 aliphatic carbocycles. The second kappa shape index (κ2) is 8.96. The smallest absolute Gasteiger partial charge is 0.142 e. The first-order chi connectivity index (χ1) is 17.7. The average molecular weight is 546 g/mol. The van der Waals surface area contributed by atoms with E-state index in [0.717, 1.165) is 11.1 Å². The van der Waals surface area contributed by atoms with E-state index in [1.54, 1.807) is 24.3 Å². The van der Waals surface area contributed by atoms with Crippen molar-refractivity contribution in [1.82, 2.24) is 0 Å². The van der Waals surface area contributed by atoms with E-state index in [9.17, 15) is 10.2 Å². The summed E-state index contributed by atoms with van der Waals surface area (Å²) in [5.74, 6) is 0. The first kappa shape index (κ1) is 27.0. The van der Waals surface area contributed by atoms with E-state index in [4.69, 9.17) is 23.2 Å². The fraction of sp³-hybridized carbons (Fsp3) is 0.294. The Morgan fingerprint density at radius 1 is 0.500 bits per heavy atom. The maximum absolute atomic E-state index is 12.7. The molecule has 0 radical (unpaired) electrons. The molecular weight excluding hydrogens is 511 g/mol. The van der Waals surface area contributed by atoms with Gasteiger partial charge in [0, 0.05) is 32.3 Å². The van der Waals surface area contributed by atoms with Crippen LogP contribution < -0.4 is 0 Å². The molecule has 0 spiro atoms. The minimum atomic E-state index is -1.62. The van der Waals surface area contributed by atoms with Crippen LogP contribution in [0.1, 0.15) is 86.1 Å². The topological polar surface area (TPSA) is 40.5 Å². The van der Waals surface area contributed by atoms with E-state index in [1.807, 2.05) is 60.7 Å². The van der Waals surface area contributed by atoms with Gasteiger partial charge in [-0.05, 0) is 45.2 Å².